The number of ether oxygens (including phenoxy) is 1. The number of halogens is 3. The quantitative estimate of drug-likeness (QED) is 0.893. The van der Waals surface area contributed by atoms with E-state index in [0.29, 0.717) is 18.2 Å². The highest BCUT2D eigenvalue weighted by Crippen LogP contribution is 2.37. The molecule has 1 unspecified atom stereocenters. The Bertz CT molecular complexity index is 457. The predicted molar refractivity (Wildman–Crippen MR) is 71.4 cm³/mol. The number of hydrogen-bond acceptors (Lipinski definition) is 2. The third kappa shape index (κ3) is 3.88. The van der Waals surface area contributed by atoms with Crippen LogP contribution in [0.2, 0.25) is 0 Å². The zero-order chi connectivity index (χ0) is 14.8. The lowest BCUT2D eigenvalue weighted by Crippen LogP contribution is -2.37. The second-order valence-electron chi connectivity index (χ2n) is 5.97. The molecule has 1 atom stereocenters. The number of rotatable bonds is 4. The van der Waals surface area contributed by atoms with E-state index in [4.69, 9.17) is 0 Å². The van der Waals surface area contributed by atoms with E-state index in [9.17, 15) is 13.2 Å². The molecule has 1 aliphatic rings. The lowest BCUT2D eigenvalue weighted by atomic mass is 9.87. The Morgan fingerprint density at radius 3 is 2.60 bits per heavy atom. The van der Waals surface area contributed by atoms with Gasteiger partial charge in [-0.2, -0.15) is 0 Å². The molecule has 1 aromatic rings. The van der Waals surface area contributed by atoms with Crippen molar-refractivity contribution in [3.63, 3.8) is 0 Å². The average molecular weight is 287 g/mol. The molecule has 1 aromatic carbocycles. The molecule has 0 spiro atoms. The van der Waals surface area contributed by atoms with Crippen LogP contribution in [0.15, 0.2) is 24.3 Å². The Balaban J connectivity index is 2.03. The number of benzene rings is 1. The summed E-state index contributed by atoms with van der Waals surface area (Å²) < 4.78 is 41.1. The van der Waals surface area contributed by atoms with Gasteiger partial charge in [-0.25, -0.2) is 0 Å². The number of alkyl halides is 3. The van der Waals surface area contributed by atoms with Crippen LogP contribution in [-0.2, 0) is 6.54 Å². The standard InChI is InChI=1S/C15H20F3NO/c1-14(2)9-5-8-13(14)19-10-11-6-3-4-7-12(11)20-15(16,17)18/h3-4,6-7,13,19H,5,8-10H2,1-2H3. The van der Waals surface area contributed by atoms with Crippen molar-refractivity contribution in [3.05, 3.63) is 29.8 Å². The van der Waals surface area contributed by atoms with Gasteiger partial charge in [0.05, 0.1) is 0 Å². The fourth-order valence-electron chi connectivity index (χ4n) is 2.81. The van der Waals surface area contributed by atoms with Crippen molar-refractivity contribution in [2.24, 2.45) is 5.41 Å². The van der Waals surface area contributed by atoms with Crippen molar-refractivity contribution in [3.8, 4) is 5.75 Å². The van der Waals surface area contributed by atoms with Crippen LogP contribution in [0.1, 0.15) is 38.7 Å². The number of para-hydroxylation sites is 1. The fraction of sp³-hybridized carbons (Fsp3) is 0.600. The third-order valence-corrected chi connectivity index (χ3v) is 3.99. The van der Waals surface area contributed by atoms with Crippen molar-refractivity contribution in [2.75, 3.05) is 0 Å². The summed E-state index contributed by atoms with van der Waals surface area (Å²) in [6.45, 7) is 4.77. The first-order valence-electron chi connectivity index (χ1n) is 6.85. The first-order chi connectivity index (χ1) is 9.28. The SMILES string of the molecule is CC1(C)CCCC1NCc1ccccc1OC(F)(F)F. The zero-order valence-electron chi connectivity index (χ0n) is 11.8. The highest BCUT2D eigenvalue weighted by Gasteiger charge is 2.35. The van der Waals surface area contributed by atoms with E-state index < -0.39 is 6.36 Å². The van der Waals surface area contributed by atoms with Crippen molar-refractivity contribution < 1.29 is 17.9 Å². The molecule has 0 bridgehead atoms. The van der Waals surface area contributed by atoms with E-state index in [0.717, 1.165) is 19.3 Å². The summed E-state index contributed by atoms with van der Waals surface area (Å²) in [5.41, 5.74) is 0.729. The van der Waals surface area contributed by atoms with Gasteiger partial charge in [-0.1, -0.05) is 38.5 Å². The molecule has 0 heterocycles. The molecule has 0 radical (unpaired) electrons. The van der Waals surface area contributed by atoms with E-state index in [2.05, 4.69) is 23.9 Å². The molecule has 1 fully saturated rings. The van der Waals surface area contributed by atoms with Gasteiger partial charge in [0.25, 0.3) is 0 Å². The van der Waals surface area contributed by atoms with Crippen LogP contribution in [-0.4, -0.2) is 12.4 Å². The molecular formula is C15H20F3NO. The van der Waals surface area contributed by atoms with Crippen molar-refractivity contribution in [1.82, 2.24) is 5.32 Å². The van der Waals surface area contributed by atoms with Gasteiger partial charge < -0.3 is 10.1 Å². The van der Waals surface area contributed by atoms with Crippen molar-refractivity contribution >= 4 is 0 Å². The second-order valence-corrected chi connectivity index (χ2v) is 5.97. The largest absolute Gasteiger partial charge is 0.573 e. The van der Waals surface area contributed by atoms with Crippen LogP contribution in [0.3, 0.4) is 0 Å². The lowest BCUT2D eigenvalue weighted by Gasteiger charge is -2.28. The molecule has 0 aliphatic heterocycles. The predicted octanol–water partition coefficient (Wildman–Crippen LogP) is 4.25. The van der Waals surface area contributed by atoms with E-state index >= 15 is 0 Å². The minimum Gasteiger partial charge on any atom is -0.405 e. The first-order valence-corrected chi connectivity index (χ1v) is 6.85. The molecule has 2 rings (SSSR count). The summed E-state index contributed by atoms with van der Waals surface area (Å²) in [5.74, 6) is -0.122. The molecule has 20 heavy (non-hydrogen) atoms. The molecule has 2 nitrogen and oxygen atoms in total. The van der Waals surface area contributed by atoms with Crippen LogP contribution >= 0.6 is 0 Å². The van der Waals surface area contributed by atoms with E-state index in [-0.39, 0.29) is 11.2 Å². The van der Waals surface area contributed by atoms with E-state index in [1.165, 1.54) is 6.07 Å². The highest BCUT2D eigenvalue weighted by molar-refractivity contribution is 5.33. The topological polar surface area (TPSA) is 21.3 Å². The summed E-state index contributed by atoms with van der Waals surface area (Å²) in [5, 5.41) is 3.37. The molecular weight excluding hydrogens is 267 g/mol. The Kier molecular flexibility index (Phi) is 4.28. The minimum absolute atomic E-state index is 0.122. The Morgan fingerprint density at radius 1 is 1.30 bits per heavy atom. The number of hydrogen-bond donors (Lipinski definition) is 1. The lowest BCUT2D eigenvalue weighted by molar-refractivity contribution is -0.274. The van der Waals surface area contributed by atoms with Crippen molar-refractivity contribution in [1.29, 1.82) is 0 Å². The van der Waals surface area contributed by atoms with Gasteiger partial charge in [-0.05, 0) is 24.3 Å². The third-order valence-electron chi connectivity index (χ3n) is 3.99. The van der Waals surface area contributed by atoms with Gasteiger partial charge in [0.1, 0.15) is 5.75 Å². The molecule has 0 saturated heterocycles. The Labute approximate surface area is 117 Å². The van der Waals surface area contributed by atoms with Gasteiger partial charge >= 0.3 is 6.36 Å². The van der Waals surface area contributed by atoms with Gasteiger partial charge in [0.15, 0.2) is 0 Å². The van der Waals surface area contributed by atoms with Gasteiger partial charge in [0, 0.05) is 18.2 Å². The second kappa shape index (κ2) is 5.64. The average Bonchev–Trinajstić information content (AvgIpc) is 2.65. The van der Waals surface area contributed by atoms with Crippen molar-refractivity contribution in [2.45, 2.75) is 52.1 Å². The molecule has 112 valence electrons. The monoisotopic (exact) mass is 287 g/mol. The molecule has 1 aliphatic carbocycles. The van der Waals surface area contributed by atoms with Crippen LogP contribution in [0.4, 0.5) is 13.2 Å². The summed E-state index contributed by atoms with van der Waals surface area (Å²) >= 11 is 0. The summed E-state index contributed by atoms with van der Waals surface area (Å²) in [4.78, 5) is 0. The van der Waals surface area contributed by atoms with Gasteiger partial charge in [0.2, 0.25) is 0 Å². The maximum absolute atomic E-state index is 12.3. The normalized spacial score (nSPS) is 21.9. The smallest absolute Gasteiger partial charge is 0.405 e. The molecule has 0 amide bonds. The molecule has 0 aromatic heterocycles. The Morgan fingerprint density at radius 2 is 2.00 bits per heavy atom. The van der Waals surface area contributed by atoms with Gasteiger partial charge in [-0.3, -0.25) is 0 Å². The summed E-state index contributed by atoms with van der Waals surface area (Å²) in [6.07, 6.45) is -1.28. The maximum Gasteiger partial charge on any atom is 0.573 e. The summed E-state index contributed by atoms with van der Waals surface area (Å²) in [7, 11) is 0. The highest BCUT2D eigenvalue weighted by atomic mass is 19.4. The van der Waals surface area contributed by atoms with E-state index in [1.54, 1.807) is 18.2 Å². The first kappa shape index (κ1) is 15.2. The van der Waals surface area contributed by atoms with Crippen LogP contribution in [0.5, 0.6) is 5.75 Å². The van der Waals surface area contributed by atoms with Crippen LogP contribution in [0.25, 0.3) is 0 Å². The maximum atomic E-state index is 12.3. The number of nitrogens with one attached hydrogen (secondary N) is 1. The van der Waals surface area contributed by atoms with Gasteiger partial charge in [-0.15, -0.1) is 13.2 Å². The Hall–Kier alpha value is -1.23. The zero-order valence-corrected chi connectivity index (χ0v) is 11.8. The molecule has 1 N–H and O–H groups in total. The molecule has 5 heteroatoms. The summed E-state index contributed by atoms with van der Waals surface area (Å²) in [6, 6.07) is 6.62. The van der Waals surface area contributed by atoms with E-state index in [1.807, 2.05) is 0 Å². The fourth-order valence-corrected chi connectivity index (χ4v) is 2.81. The minimum atomic E-state index is -4.65. The van der Waals surface area contributed by atoms with Crippen LogP contribution < -0.4 is 10.1 Å². The van der Waals surface area contributed by atoms with Crippen LogP contribution in [0, 0.1) is 5.41 Å². The molecule has 1 saturated carbocycles.